The molecule has 0 aliphatic rings. The highest BCUT2D eigenvalue weighted by atomic mass is 16.6. The highest BCUT2D eigenvalue weighted by Gasteiger charge is 2.07. The van der Waals surface area contributed by atoms with Crippen LogP contribution in [-0.4, -0.2) is 23.9 Å². The Bertz CT molecular complexity index is 407. The molecule has 0 aromatic heterocycles. The second-order valence-corrected chi connectivity index (χ2v) is 3.57. The molecular weight excluding hydrogens is 222 g/mol. The lowest BCUT2D eigenvalue weighted by Crippen LogP contribution is -2.29. The average Bonchev–Trinajstić information content (AvgIpc) is 2.34. The summed E-state index contributed by atoms with van der Waals surface area (Å²) in [5, 5.41) is 13.2. The highest BCUT2D eigenvalue weighted by molar-refractivity contribution is 5.76. The van der Waals surface area contributed by atoms with Crippen LogP contribution in [0.2, 0.25) is 0 Å². The van der Waals surface area contributed by atoms with Gasteiger partial charge in [0.25, 0.3) is 5.69 Å². The van der Waals surface area contributed by atoms with Gasteiger partial charge in [-0.05, 0) is 12.0 Å². The van der Waals surface area contributed by atoms with E-state index in [1.807, 2.05) is 0 Å². The Balaban J connectivity index is 2.49. The summed E-state index contributed by atoms with van der Waals surface area (Å²) < 4.78 is 0. The van der Waals surface area contributed by atoms with Gasteiger partial charge in [-0.3, -0.25) is 14.9 Å². The van der Waals surface area contributed by atoms with Crippen LogP contribution < -0.4 is 11.1 Å². The lowest BCUT2D eigenvalue weighted by atomic mass is 10.1. The van der Waals surface area contributed by atoms with Crippen LogP contribution in [0.25, 0.3) is 0 Å². The molecule has 3 N–H and O–H groups in total. The largest absolute Gasteiger partial charge is 0.355 e. The Morgan fingerprint density at radius 3 is 2.88 bits per heavy atom. The fourth-order valence-corrected chi connectivity index (χ4v) is 1.38. The molecule has 0 aliphatic carbocycles. The van der Waals surface area contributed by atoms with E-state index in [1.54, 1.807) is 12.1 Å². The molecule has 1 aromatic carbocycles. The Hall–Kier alpha value is -1.95. The maximum absolute atomic E-state index is 11.3. The van der Waals surface area contributed by atoms with Gasteiger partial charge >= 0.3 is 0 Å². The number of hydrogen-bond acceptors (Lipinski definition) is 4. The van der Waals surface area contributed by atoms with Crippen LogP contribution in [-0.2, 0) is 11.2 Å². The first-order chi connectivity index (χ1) is 8.13. The van der Waals surface area contributed by atoms with Crippen LogP contribution >= 0.6 is 0 Å². The van der Waals surface area contributed by atoms with Gasteiger partial charge in [0.15, 0.2) is 0 Å². The highest BCUT2D eigenvalue weighted by Crippen LogP contribution is 2.14. The van der Waals surface area contributed by atoms with E-state index in [0.29, 0.717) is 25.9 Å². The topological polar surface area (TPSA) is 98.3 Å². The quantitative estimate of drug-likeness (QED) is 0.559. The zero-order valence-electron chi connectivity index (χ0n) is 9.39. The SMILES string of the molecule is NCCNC(=O)CCc1cccc([N+](=O)[O-])c1. The fraction of sp³-hybridized carbons (Fsp3) is 0.364. The summed E-state index contributed by atoms with van der Waals surface area (Å²) in [5.41, 5.74) is 6.07. The molecule has 0 heterocycles. The number of rotatable bonds is 6. The third kappa shape index (κ3) is 4.60. The van der Waals surface area contributed by atoms with Crippen molar-refractivity contribution >= 4 is 11.6 Å². The maximum Gasteiger partial charge on any atom is 0.269 e. The summed E-state index contributed by atoms with van der Waals surface area (Å²) in [7, 11) is 0. The Labute approximate surface area is 99.0 Å². The van der Waals surface area contributed by atoms with E-state index in [-0.39, 0.29) is 11.6 Å². The molecule has 0 spiro atoms. The minimum Gasteiger partial charge on any atom is -0.355 e. The number of nitrogens with two attached hydrogens (primary N) is 1. The molecule has 6 heteroatoms. The summed E-state index contributed by atoms with van der Waals surface area (Å²) in [6.45, 7) is 0.857. The number of aryl methyl sites for hydroxylation is 1. The molecule has 1 aromatic rings. The Kier molecular flexibility index (Phi) is 5.09. The van der Waals surface area contributed by atoms with Crippen LogP contribution in [0.3, 0.4) is 0 Å². The van der Waals surface area contributed by atoms with Gasteiger partial charge in [0.05, 0.1) is 4.92 Å². The van der Waals surface area contributed by atoms with Gasteiger partial charge in [0, 0.05) is 31.6 Å². The normalized spacial score (nSPS) is 9.94. The predicted octanol–water partition coefficient (Wildman–Crippen LogP) is 0.602. The van der Waals surface area contributed by atoms with Crippen molar-refractivity contribution in [2.45, 2.75) is 12.8 Å². The van der Waals surface area contributed by atoms with E-state index in [2.05, 4.69) is 5.32 Å². The van der Waals surface area contributed by atoms with E-state index in [9.17, 15) is 14.9 Å². The van der Waals surface area contributed by atoms with Crippen molar-refractivity contribution < 1.29 is 9.72 Å². The van der Waals surface area contributed by atoms with Gasteiger partial charge in [-0.2, -0.15) is 0 Å². The first kappa shape index (κ1) is 13.1. The minimum atomic E-state index is -0.446. The van der Waals surface area contributed by atoms with Gasteiger partial charge in [0.2, 0.25) is 5.91 Å². The number of benzene rings is 1. The summed E-state index contributed by atoms with van der Waals surface area (Å²) in [6, 6.07) is 6.29. The Morgan fingerprint density at radius 2 is 2.24 bits per heavy atom. The van der Waals surface area contributed by atoms with Crippen molar-refractivity contribution in [3.63, 3.8) is 0 Å². The number of carbonyl (C=O) groups is 1. The van der Waals surface area contributed by atoms with Crippen molar-refractivity contribution in [2.24, 2.45) is 5.73 Å². The molecule has 17 heavy (non-hydrogen) atoms. The molecule has 1 rings (SSSR count). The van der Waals surface area contributed by atoms with Crippen molar-refractivity contribution in [2.75, 3.05) is 13.1 Å². The smallest absolute Gasteiger partial charge is 0.269 e. The second kappa shape index (κ2) is 6.59. The van der Waals surface area contributed by atoms with Gasteiger partial charge in [-0.1, -0.05) is 12.1 Å². The number of carbonyl (C=O) groups excluding carboxylic acids is 1. The predicted molar refractivity (Wildman–Crippen MR) is 63.5 cm³/mol. The van der Waals surface area contributed by atoms with Crippen molar-refractivity contribution in [3.05, 3.63) is 39.9 Å². The van der Waals surface area contributed by atoms with Crippen LogP contribution in [0.1, 0.15) is 12.0 Å². The zero-order chi connectivity index (χ0) is 12.7. The standard InChI is InChI=1S/C11H15N3O3/c12-6-7-13-11(15)5-4-9-2-1-3-10(8-9)14(16)17/h1-3,8H,4-7,12H2,(H,13,15). The van der Waals surface area contributed by atoms with Crippen LogP contribution in [0.4, 0.5) is 5.69 Å². The van der Waals surface area contributed by atoms with Gasteiger partial charge in [-0.25, -0.2) is 0 Å². The monoisotopic (exact) mass is 237 g/mol. The average molecular weight is 237 g/mol. The molecule has 0 fully saturated rings. The number of non-ortho nitro benzene ring substituents is 1. The van der Waals surface area contributed by atoms with E-state index in [0.717, 1.165) is 5.56 Å². The van der Waals surface area contributed by atoms with Crippen LogP contribution in [0, 0.1) is 10.1 Å². The maximum atomic E-state index is 11.3. The van der Waals surface area contributed by atoms with E-state index in [4.69, 9.17) is 5.73 Å². The molecule has 0 bridgehead atoms. The molecule has 0 unspecified atom stereocenters. The van der Waals surface area contributed by atoms with Crippen molar-refractivity contribution in [1.82, 2.24) is 5.32 Å². The lowest BCUT2D eigenvalue weighted by Gasteiger charge is -2.03. The molecule has 92 valence electrons. The Morgan fingerprint density at radius 1 is 1.47 bits per heavy atom. The molecule has 6 nitrogen and oxygen atoms in total. The lowest BCUT2D eigenvalue weighted by molar-refractivity contribution is -0.384. The van der Waals surface area contributed by atoms with Crippen LogP contribution in [0.5, 0.6) is 0 Å². The summed E-state index contributed by atoms with van der Waals surface area (Å²) >= 11 is 0. The third-order valence-electron chi connectivity index (χ3n) is 2.23. The van der Waals surface area contributed by atoms with E-state index in [1.165, 1.54) is 12.1 Å². The number of nitrogens with zero attached hydrogens (tertiary/aromatic N) is 1. The molecule has 0 saturated carbocycles. The summed E-state index contributed by atoms with van der Waals surface area (Å²) in [5.74, 6) is -0.0954. The first-order valence-corrected chi connectivity index (χ1v) is 5.33. The van der Waals surface area contributed by atoms with Crippen molar-refractivity contribution in [3.8, 4) is 0 Å². The summed E-state index contributed by atoms with van der Waals surface area (Å²) in [6.07, 6.45) is 0.791. The van der Waals surface area contributed by atoms with Crippen molar-refractivity contribution in [1.29, 1.82) is 0 Å². The second-order valence-electron chi connectivity index (χ2n) is 3.57. The third-order valence-corrected chi connectivity index (χ3v) is 2.23. The molecular formula is C11H15N3O3. The number of nitrogens with one attached hydrogen (secondary N) is 1. The first-order valence-electron chi connectivity index (χ1n) is 5.33. The number of nitro groups is 1. The van der Waals surface area contributed by atoms with Gasteiger partial charge < -0.3 is 11.1 Å². The molecule has 0 aliphatic heterocycles. The fourth-order valence-electron chi connectivity index (χ4n) is 1.38. The molecule has 0 radical (unpaired) electrons. The van der Waals surface area contributed by atoms with E-state index >= 15 is 0 Å². The van der Waals surface area contributed by atoms with Gasteiger partial charge in [0.1, 0.15) is 0 Å². The zero-order valence-corrected chi connectivity index (χ0v) is 9.39. The molecule has 1 amide bonds. The number of nitro benzene ring substituents is 1. The summed E-state index contributed by atoms with van der Waals surface area (Å²) in [4.78, 5) is 21.4. The number of hydrogen-bond donors (Lipinski definition) is 2. The van der Waals surface area contributed by atoms with E-state index < -0.39 is 4.92 Å². The number of amides is 1. The minimum absolute atomic E-state index is 0.0462. The van der Waals surface area contributed by atoms with Gasteiger partial charge in [-0.15, -0.1) is 0 Å². The van der Waals surface area contributed by atoms with Crippen LogP contribution in [0.15, 0.2) is 24.3 Å². The molecule has 0 saturated heterocycles. The molecule has 0 atom stereocenters.